The number of ether oxygens (including phenoxy) is 8. The van der Waals surface area contributed by atoms with Crippen molar-refractivity contribution in [3.05, 3.63) is 11.8 Å². The van der Waals surface area contributed by atoms with Gasteiger partial charge in [0.05, 0.1) is 56.1 Å². The fourth-order valence-electron chi connectivity index (χ4n) is 9.29. The van der Waals surface area contributed by atoms with Crippen LogP contribution in [0.5, 0.6) is 0 Å². The lowest BCUT2D eigenvalue weighted by Crippen LogP contribution is -2.69. The summed E-state index contributed by atoms with van der Waals surface area (Å²) < 4.78 is 46.3. The minimum absolute atomic E-state index is 0.0483. The summed E-state index contributed by atoms with van der Waals surface area (Å²) in [6.07, 6.45) is -13.8. The highest BCUT2D eigenvalue weighted by Gasteiger charge is 2.53. The van der Waals surface area contributed by atoms with Gasteiger partial charge in [-0.1, -0.05) is 6.92 Å². The number of hydrogen-bond acceptors (Lipinski definition) is 26. The zero-order chi connectivity index (χ0) is 48.1. The van der Waals surface area contributed by atoms with Gasteiger partial charge in [-0.3, -0.25) is 0 Å². The second-order valence-corrected chi connectivity index (χ2v) is 18.1. The predicted molar refractivity (Wildman–Crippen MR) is 228 cm³/mol. The van der Waals surface area contributed by atoms with Crippen LogP contribution in [0.25, 0.3) is 0 Å². The van der Waals surface area contributed by atoms with Crippen molar-refractivity contribution in [3.8, 4) is 0 Å². The molecule has 26 nitrogen and oxygen atoms in total. The average molecular weight is 943 g/mol. The van der Waals surface area contributed by atoms with Crippen LogP contribution in [-0.4, -0.2) is 233 Å². The van der Waals surface area contributed by atoms with Crippen molar-refractivity contribution in [2.75, 3.05) is 39.9 Å². The quantitative estimate of drug-likeness (QED) is 0.0769. The minimum Gasteiger partial charge on any atom is -0.467 e. The van der Waals surface area contributed by atoms with Crippen molar-refractivity contribution in [2.24, 2.45) is 45.9 Å². The molecular weight excluding hydrogens is 864 g/mol. The second kappa shape index (κ2) is 23.9. The Kier molecular flexibility index (Phi) is 20.0. The molecule has 2 saturated carbocycles. The van der Waals surface area contributed by atoms with Gasteiger partial charge in [0, 0.05) is 30.7 Å². The van der Waals surface area contributed by atoms with Gasteiger partial charge in [-0.15, -0.1) is 0 Å². The first-order valence-corrected chi connectivity index (χ1v) is 22.4. The topological polar surface area (TPSA) is 468 Å². The largest absolute Gasteiger partial charge is 0.467 e. The lowest BCUT2D eigenvalue weighted by Gasteiger charge is -2.49. The first-order valence-electron chi connectivity index (χ1n) is 22.4. The first-order chi connectivity index (χ1) is 30.7. The maximum absolute atomic E-state index is 11.3. The van der Waals surface area contributed by atoms with Gasteiger partial charge in [0.25, 0.3) is 0 Å². The van der Waals surface area contributed by atoms with Crippen LogP contribution >= 0.6 is 0 Å². The Bertz CT molecular complexity index is 1490. The molecule has 0 spiro atoms. The third kappa shape index (κ3) is 12.7. The van der Waals surface area contributed by atoms with Gasteiger partial charge in [0.2, 0.25) is 6.29 Å². The Balaban J connectivity index is 0.000000244. The first kappa shape index (κ1) is 54.5. The number of nitrogens with one attached hydrogen (secondary N) is 2. The maximum atomic E-state index is 11.3. The van der Waals surface area contributed by atoms with E-state index in [0.717, 1.165) is 0 Å². The summed E-state index contributed by atoms with van der Waals surface area (Å²) in [5.74, 6) is 0.572. The van der Waals surface area contributed by atoms with E-state index < -0.39 is 153 Å². The van der Waals surface area contributed by atoms with E-state index in [2.05, 4.69) is 10.6 Å². The van der Waals surface area contributed by atoms with E-state index in [1.54, 1.807) is 14.0 Å². The molecule has 2 aliphatic carbocycles. The summed E-state index contributed by atoms with van der Waals surface area (Å²) in [4.78, 5) is 0. The molecule has 4 heterocycles. The fraction of sp³-hybridized carbons (Fsp3) is 0.949. The molecule has 5 fully saturated rings. The van der Waals surface area contributed by atoms with E-state index in [0.29, 0.717) is 25.1 Å². The Morgan fingerprint density at radius 1 is 0.692 bits per heavy atom. The van der Waals surface area contributed by atoms with Gasteiger partial charge in [0.1, 0.15) is 72.4 Å². The van der Waals surface area contributed by atoms with Crippen molar-refractivity contribution >= 4 is 0 Å². The highest BCUT2D eigenvalue weighted by atomic mass is 16.7. The highest BCUT2D eigenvalue weighted by Crippen LogP contribution is 2.33. The van der Waals surface area contributed by atoms with Gasteiger partial charge in [-0.2, -0.15) is 0 Å². The number of aliphatic hydroxyl groups excluding tert-OH is 7. The molecule has 0 bridgehead atoms. The monoisotopic (exact) mass is 943 g/mol. The van der Waals surface area contributed by atoms with E-state index in [4.69, 9.17) is 83.8 Å². The molecule has 25 atom stereocenters. The molecule has 0 aromatic heterocycles. The molecule has 6 rings (SSSR count). The Hall–Kier alpha value is -1.46. The van der Waals surface area contributed by atoms with Crippen LogP contribution in [0.1, 0.15) is 39.5 Å². The molecule has 6 aliphatic rings. The number of aliphatic hydroxyl groups is 8. The van der Waals surface area contributed by atoms with Crippen LogP contribution in [0.15, 0.2) is 11.8 Å². The average Bonchev–Trinajstić information content (AvgIpc) is 3.26. The second-order valence-electron chi connectivity index (χ2n) is 18.1. The lowest BCUT2D eigenvalue weighted by molar-refractivity contribution is -0.314. The van der Waals surface area contributed by atoms with E-state index in [1.165, 1.54) is 0 Å². The molecule has 3 saturated heterocycles. The molecule has 65 heavy (non-hydrogen) atoms. The van der Waals surface area contributed by atoms with Gasteiger partial charge >= 0.3 is 0 Å². The maximum Gasteiger partial charge on any atom is 0.215 e. The summed E-state index contributed by atoms with van der Waals surface area (Å²) in [5, 5.41) is 89.5. The number of rotatable bonds is 14. The number of hydrogen-bond donors (Lipinski definition) is 18. The Morgan fingerprint density at radius 3 is 1.85 bits per heavy atom. The van der Waals surface area contributed by atoms with E-state index in [-0.39, 0.29) is 38.6 Å². The van der Waals surface area contributed by atoms with Crippen LogP contribution in [0, 0.1) is 0 Å². The summed E-state index contributed by atoms with van der Waals surface area (Å²) in [6.45, 7) is 3.80. The zero-order valence-electron chi connectivity index (χ0n) is 37.3. The van der Waals surface area contributed by atoms with Crippen LogP contribution in [0.3, 0.4) is 0 Å². The molecule has 0 aromatic carbocycles. The van der Waals surface area contributed by atoms with Gasteiger partial charge in [0.15, 0.2) is 18.9 Å². The van der Waals surface area contributed by atoms with Crippen LogP contribution in [0.2, 0.25) is 0 Å². The fourth-order valence-corrected chi connectivity index (χ4v) is 9.29. The molecule has 4 aliphatic heterocycles. The van der Waals surface area contributed by atoms with E-state index in [1.807, 2.05) is 13.0 Å². The molecule has 26 heteroatoms. The number of nitrogens with two attached hydrogens (primary N) is 8. The highest BCUT2D eigenvalue weighted by molar-refractivity contribution is 5.06. The van der Waals surface area contributed by atoms with Crippen molar-refractivity contribution in [1.82, 2.24) is 10.6 Å². The molecule has 0 radical (unpaired) electrons. The molecular formula is C39H78N10O16. The Labute approximate surface area is 378 Å². The van der Waals surface area contributed by atoms with Crippen LogP contribution in [-0.2, 0) is 37.9 Å². The lowest BCUT2D eigenvalue weighted by atomic mass is 9.83. The van der Waals surface area contributed by atoms with Gasteiger partial charge in [-0.25, -0.2) is 0 Å². The van der Waals surface area contributed by atoms with Crippen molar-refractivity contribution in [1.29, 1.82) is 0 Å². The minimum atomic E-state index is -1.44. The molecule has 26 N–H and O–H groups in total. The molecule has 0 unspecified atom stereocenters. The summed E-state index contributed by atoms with van der Waals surface area (Å²) >= 11 is 0. The molecule has 0 aromatic rings. The summed E-state index contributed by atoms with van der Waals surface area (Å²) in [5.41, 5.74) is 46.7. The normalized spacial score (nSPS) is 49.6. The third-order valence-electron chi connectivity index (χ3n) is 13.1. The smallest absolute Gasteiger partial charge is 0.215 e. The van der Waals surface area contributed by atoms with Crippen LogP contribution in [0.4, 0.5) is 0 Å². The van der Waals surface area contributed by atoms with Crippen LogP contribution < -0.4 is 56.5 Å². The summed E-state index contributed by atoms with van der Waals surface area (Å²) in [7, 11) is 1.64. The SMILES string of the molecule is CCN[C@@H]1C[C@H](N)[C@@H](O[C@H]2OC(CN)=CC[C@H]2N)[C@@H](O)[C@H]1O[C@H]1OC[C@](C)(O)[C@@H](NC)[C@H]1O.NC[C@H]1O[C@H](O[C@H]2[C@H](O)[C@@H](O[C@H]3O[C@H](CO)[C@@H](O)[C@H](N)[C@H]3O)[C@H](N)C[C@@H]2N)[C@H](N)C[C@@H]1O. The molecule has 380 valence electrons. The van der Waals surface area contributed by atoms with Gasteiger partial charge < -0.3 is 135 Å². The van der Waals surface area contributed by atoms with Crippen molar-refractivity contribution in [2.45, 2.75) is 192 Å². The zero-order valence-corrected chi connectivity index (χ0v) is 37.3. The standard InChI is InChI=1S/C21H41N5O7.C18H37N5O9/c1-4-26-13-7-12(24)16(32-19-11(23)6-5-10(8-22)31-19)14(27)17(13)33-20-15(28)18(25-3)21(2,29)9-30-20;19-3-9-8(25)2-7(22)17(29-9)31-15-5(20)1-6(21)16(14(15)28)32-18-13(27)11(23)12(26)10(4-24)30-18/h5,11-20,25-29H,4,6-9,22-24H2,1-3H3;5-18,24-28H,1-4,19-23H2/t11-,12+,13-,14-,15-,16-,17+,18+,19-,20-,21+;5-,6+,7+,8-,9+,10+,11-,12+,13+,14-,15+,16-,17+,18+/m10/s1. The third-order valence-corrected chi connectivity index (χ3v) is 13.1. The molecule has 0 amide bonds. The number of likely N-dealkylation sites (N-methyl/N-ethyl adjacent to an activating group) is 2. The van der Waals surface area contributed by atoms with Gasteiger partial charge in [-0.05, 0) is 52.3 Å². The van der Waals surface area contributed by atoms with E-state index in [9.17, 15) is 40.9 Å². The predicted octanol–water partition coefficient (Wildman–Crippen LogP) is -9.50. The summed E-state index contributed by atoms with van der Waals surface area (Å²) in [6, 6.07) is -5.22. The van der Waals surface area contributed by atoms with Crippen molar-refractivity contribution < 1.29 is 78.7 Å². The van der Waals surface area contributed by atoms with Crippen molar-refractivity contribution in [3.63, 3.8) is 0 Å². The van der Waals surface area contributed by atoms with E-state index >= 15 is 0 Å². The Morgan fingerprint density at radius 2 is 1.26 bits per heavy atom.